The normalized spacial score (nSPS) is 12.5. The van der Waals surface area contributed by atoms with Crippen molar-refractivity contribution in [1.29, 1.82) is 0 Å². The third kappa shape index (κ3) is 5.98. The van der Waals surface area contributed by atoms with E-state index in [2.05, 4.69) is 39.2 Å². The average molecular weight is 195 g/mol. The molecule has 0 radical (unpaired) electrons. The van der Waals surface area contributed by atoms with Crippen LogP contribution in [-0.4, -0.2) is 12.6 Å². The largest absolute Gasteiger partial charge is 0.314 e. The Morgan fingerprint density at radius 3 is 2.36 bits per heavy atom. The summed E-state index contributed by atoms with van der Waals surface area (Å²) in [5.74, 6) is 0. The van der Waals surface area contributed by atoms with Gasteiger partial charge in [-0.2, -0.15) is 0 Å². The molecule has 1 nitrogen and oxygen atoms in total. The van der Waals surface area contributed by atoms with Gasteiger partial charge >= 0.3 is 0 Å². The second kappa shape index (κ2) is 7.81. The van der Waals surface area contributed by atoms with Crippen molar-refractivity contribution in [3.8, 4) is 0 Å². The summed E-state index contributed by atoms with van der Waals surface area (Å²) in [5.41, 5.74) is 2.45. The first-order chi connectivity index (χ1) is 6.61. The summed E-state index contributed by atoms with van der Waals surface area (Å²) in [4.78, 5) is 0. The van der Waals surface area contributed by atoms with Crippen LogP contribution in [0, 0.1) is 0 Å². The quantitative estimate of drug-likeness (QED) is 0.583. The summed E-state index contributed by atoms with van der Waals surface area (Å²) >= 11 is 0. The number of rotatable bonds is 8. The molecule has 1 unspecified atom stereocenters. The second-order valence-corrected chi connectivity index (χ2v) is 3.97. The van der Waals surface area contributed by atoms with Crippen LogP contribution >= 0.6 is 0 Å². The minimum atomic E-state index is 0.519. The molecule has 1 heteroatoms. The van der Waals surface area contributed by atoms with Gasteiger partial charge in [0, 0.05) is 6.04 Å². The number of hydrogen-bond donors (Lipinski definition) is 1. The molecule has 0 amide bonds. The molecule has 0 saturated heterocycles. The maximum atomic E-state index is 4.09. The van der Waals surface area contributed by atoms with E-state index in [0.717, 1.165) is 19.4 Å². The van der Waals surface area contributed by atoms with E-state index in [-0.39, 0.29) is 0 Å². The van der Waals surface area contributed by atoms with Gasteiger partial charge in [-0.15, -0.1) is 0 Å². The maximum absolute atomic E-state index is 4.09. The lowest BCUT2D eigenvalue weighted by Gasteiger charge is -2.15. The number of allylic oxidation sites excluding steroid dienone is 1. The van der Waals surface area contributed by atoms with E-state index in [1.807, 2.05) is 0 Å². The standard InChI is InChI=1S/C13H25N/c1-6-8-9-11(3)12(4)10-13(5)14-7-2/h13-14H,3-4,6-10H2,1-2,5H3. The lowest BCUT2D eigenvalue weighted by Crippen LogP contribution is -2.25. The highest BCUT2D eigenvalue weighted by atomic mass is 14.9. The van der Waals surface area contributed by atoms with Gasteiger partial charge in [0.25, 0.3) is 0 Å². The van der Waals surface area contributed by atoms with Crippen molar-refractivity contribution < 1.29 is 0 Å². The van der Waals surface area contributed by atoms with Crippen LogP contribution in [0.2, 0.25) is 0 Å². The molecule has 0 aliphatic carbocycles. The lowest BCUT2D eigenvalue weighted by molar-refractivity contribution is 0.563. The molecule has 0 spiro atoms. The highest BCUT2D eigenvalue weighted by Gasteiger charge is 2.05. The van der Waals surface area contributed by atoms with Crippen molar-refractivity contribution >= 4 is 0 Å². The number of nitrogens with one attached hydrogen (secondary N) is 1. The Morgan fingerprint density at radius 1 is 1.21 bits per heavy atom. The molecule has 82 valence electrons. The van der Waals surface area contributed by atoms with Gasteiger partial charge in [0.05, 0.1) is 0 Å². The molecule has 0 aliphatic rings. The van der Waals surface area contributed by atoms with Crippen LogP contribution in [0.25, 0.3) is 0 Å². The number of unbranched alkanes of at least 4 members (excludes halogenated alkanes) is 1. The average Bonchev–Trinajstić information content (AvgIpc) is 2.14. The zero-order valence-electron chi connectivity index (χ0n) is 10.0. The van der Waals surface area contributed by atoms with E-state index in [1.165, 1.54) is 24.0 Å². The highest BCUT2D eigenvalue weighted by molar-refractivity contribution is 5.25. The van der Waals surface area contributed by atoms with Gasteiger partial charge < -0.3 is 5.32 Å². The summed E-state index contributed by atoms with van der Waals surface area (Å²) in [6.07, 6.45) is 4.59. The first kappa shape index (κ1) is 13.4. The van der Waals surface area contributed by atoms with Crippen LogP contribution in [0.15, 0.2) is 24.3 Å². The molecular formula is C13H25N. The van der Waals surface area contributed by atoms with Gasteiger partial charge in [0.2, 0.25) is 0 Å². The summed E-state index contributed by atoms with van der Waals surface area (Å²) < 4.78 is 0. The molecule has 1 atom stereocenters. The third-order valence-corrected chi connectivity index (χ3v) is 2.44. The molecule has 0 aliphatic heterocycles. The zero-order chi connectivity index (χ0) is 11.0. The monoisotopic (exact) mass is 195 g/mol. The van der Waals surface area contributed by atoms with Crippen LogP contribution in [0.1, 0.15) is 46.5 Å². The maximum Gasteiger partial charge on any atom is 0.00789 e. The van der Waals surface area contributed by atoms with Crippen molar-refractivity contribution in [2.45, 2.75) is 52.5 Å². The second-order valence-electron chi connectivity index (χ2n) is 3.97. The van der Waals surface area contributed by atoms with Crippen LogP contribution in [0.3, 0.4) is 0 Å². The van der Waals surface area contributed by atoms with Gasteiger partial charge in [-0.05, 0) is 32.7 Å². The van der Waals surface area contributed by atoms with Crippen LogP contribution in [0.4, 0.5) is 0 Å². The van der Waals surface area contributed by atoms with E-state index in [4.69, 9.17) is 0 Å². The molecule has 0 saturated carbocycles. The minimum Gasteiger partial charge on any atom is -0.314 e. The first-order valence-electron chi connectivity index (χ1n) is 5.71. The van der Waals surface area contributed by atoms with Gasteiger partial charge in [-0.3, -0.25) is 0 Å². The van der Waals surface area contributed by atoms with Crippen LogP contribution < -0.4 is 5.32 Å². The van der Waals surface area contributed by atoms with Gasteiger partial charge in [-0.25, -0.2) is 0 Å². The van der Waals surface area contributed by atoms with Crippen LogP contribution in [-0.2, 0) is 0 Å². The van der Waals surface area contributed by atoms with E-state index in [9.17, 15) is 0 Å². The van der Waals surface area contributed by atoms with E-state index in [1.54, 1.807) is 0 Å². The van der Waals surface area contributed by atoms with Crippen molar-refractivity contribution in [3.05, 3.63) is 24.3 Å². The molecule has 1 N–H and O–H groups in total. The Balaban J connectivity index is 3.77. The van der Waals surface area contributed by atoms with E-state index < -0.39 is 0 Å². The Morgan fingerprint density at radius 2 is 1.86 bits per heavy atom. The fourth-order valence-electron chi connectivity index (χ4n) is 1.50. The third-order valence-electron chi connectivity index (χ3n) is 2.44. The molecule has 0 aromatic heterocycles. The lowest BCUT2D eigenvalue weighted by atomic mass is 9.98. The predicted octanol–water partition coefficient (Wildman–Crippen LogP) is 3.68. The Labute approximate surface area is 89.3 Å². The Hall–Kier alpha value is -0.560. The van der Waals surface area contributed by atoms with Gasteiger partial charge in [0.15, 0.2) is 0 Å². The van der Waals surface area contributed by atoms with Crippen molar-refractivity contribution in [1.82, 2.24) is 5.32 Å². The minimum absolute atomic E-state index is 0.519. The molecular weight excluding hydrogens is 170 g/mol. The SMILES string of the molecule is C=C(CCCC)C(=C)CC(C)NCC. The van der Waals surface area contributed by atoms with Gasteiger partial charge in [0.1, 0.15) is 0 Å². The summed E-state index contributed by atoms with van der Waals surface area (Å²) in [5, 5.41) is 3.39. The molecule has 0 heterocycles. The fourth-order valence-corrected chi connectivity index (χ4v) is 1.50. The predicted molar refractivity (Wildman–Crippen MR) is 65.6 cm³/mol. The smallest absolute Gasteiger partial charge is 0.00789 e. The summed E-state index contributed by atoms with van der Waals surface area (Å²) in [6, 6.07) is 0.519. The Bertz CT molecular complexity index is 182. The Kier molecular flexibility index (Phi) is 7.50. The van der Waals surface area contributed by atoms with E-state index in [0.29, 0.717) is 6.04 Å². The molecule has 0 bridgehead atoms. The zero-order valence-corrected chi connectivity index (χ0v) is 10.0. The number of hydrogen-bond acceptors (Lipinski definition) is 1. The molecule has 14 heavy (non-hydrogen) atoms. The van der Waals surface area contributed by atoms with Crippen LogP contribution in [0.5, 0.6) is 0 Å². The first-order valence-corrected chi connectivity index (χ1v) is 5.71. The molecule has 0 aromatic carbocycles. The molecule has 0 rings (SSSR count). The van der Waals surface area contributed by atoms with Crippen molar-refractivity contribution in [2.75, 3.05) is 6.54 Å². The highest BCUT2D eigenvalue weighted by Crippen LogP contribution is 2.17. The fraction of sp³-hybridized carbons (Fsp3) is 0.692. The topological polar surface area (TPSA) is 12.0 Å². The summed E-state index contributed by atoms with van der Waals surface area (Å²) in [7, 11) is 0. The molecule has 0 fully saturated rings. The van der Waals surface area contributed by atoms with E-state index >= 15 is 0 Å². The summed E-state index contributed by atoms with van der Waals surface area (Å²) in [6.45, 7) is 15.7. The molecule has 0 aromatic rings. The van der Waals surface area contributed by atoms with Gasteiger partial charge in [-0.1, -0.05) is 44.6 Å². The van der Waals surface area contributed by atoms with Crippen molar-refractivity contribution in [2.24, 2.45) is 0 Å². The van der Waals surface area contributed by atoms with Crippen molar-refractivity contribution in [3.63, 3.8) is 0 Å².